The summed E-state index contributed by atoms with van der Waals surface area (Å²) in [6.45, 7) is 4.78. The Labute approximate surface area is 103 Å². The molecule has 0 aliphatic carbocycles. The Morgan fingerprint density at radius 3 is 2.72 bits per heavy atom. The quantitative estimate of drug-likeness (QED) is 0.496. The third-order valence-electron chi connectivity index (χ3n) is 2.75. The minimum atomic E-state index is -1.37. The molecule has 0 saturated heterocycles. The molecule has 0 spiro atoms. The Morgan fingerprint density at radius 1 is 1.67 bits per heavy atom. The topological polar surface area (TPSA) is 80.4 Å². The van der Waals surface area contributed by atoms with E-state index < -0.39 is 27.8 Å². The fraction of sp³-hybridized carbons (Fsp3) is 0.250. The highest BCUT2D eigenvalue weighted by atomic mass is 19.1. The molecule has 0 aromatic heterocycles. The molecule has 1 unspecified atom stereocenters. The Morgan fingerprint density at radius 2 is 2.28 bits per heavy atom. The second-order valence-electron chi connectivity index (χ2n) is 4.11. The maximum absolute atomic E-state index is 13.8. The molecule has 0 fully saturated rings. The first-order chi connectivity index (χ1) is 8.31. The number of carbonyl (C=O) groups is 1. The van der Waals surface area contributed by atoms with E-state index in [1.807, 2.05) is 0 Å². The van der Waals surface area contributed by atoms with Gasteiger partial charge < -0.3 is 5.11 Å². The maximum Gasteiger partial charge on any atom is 0.313 e. The van der Waals surface area contributed by atoms with E-state index in [1.165, 1.54) is 25.1 Å². The molecule has 0 aliphatic heterocycles. The predicted octanol–water partition coefficient (Wildman–Crippen LogP) is 2.55. The Kier molecular flexibility index (Phi) is 3.80. The molecule has 0 aliphatic rings. The van der Waals surface area contributed by atoms with Crippen molar-refractivity contribution in [2.24, 2.45) is 5.41 Å². The number of hydrogen-bond donors (Lipinski definition) is 1. The van der Waals surface area contributed by atoms with Gasteiger partial charge >= 0.3 is 11.7 Å². The molecule has 1 aromatic rings. The van der Waals surface area contributed by atoms with Crippen molar-refractivity contribution in [2.45, 2.75) is 13.3 Å². The van der Waals surface area contributed by atoms with E-state index in [1.54, 1.807) is 0 Å². The summed E-state index contributed by atoms with van der Waals surface area (Å²) in [5.74, 6) is -2.17. The zero-order valence-corrected chi connectivity index (χ0v) is 9.72. The average molecular weight is 253 g/mol. The maximum atomic E-state index is 13.8. The van der Waals surface area contributed by atoms with Crippen molar-refractivity contribution in [3.05, 3.63) is 52.3 Å². The smallest absolute Gasteiger partial charge is 0.313 e. The van der Waals surface area contributed by atoms with Gasteiger partial charge in [-0.15, -0.1) is 6.58 Å². The van der Waals surface area contributed by atoms with E-state index >= 15 is 0 Å². The molecule has 0 saturated carbocycles. The van der Waals surface area contributed by atoms with Crippen LogP contribution < -0.4 is 0 Å². The van der Waals surface area contributed by atoms with Gasteiger partial charge in [0.15, 0.2) is 0 Å². The summed E-state index contributed by atoms with van der Waals surface area (Å²) in [5, 5.41) is 19.6. The molecule has 1 atom stereocenters. The molecule has 1 aromatic carbocycles. The third-order valence-corrected chi connectivity index (χ3v) is 2.75. The van der Waals surface area contributed by atoms with Crippen LogP contribution in [0.5, 0.6) is 0 Å². The van der Waals surface area contributed by atoms with Crippen LogP contribution in [0.2, 0.25) is 0 Å². The van der Waals surface area contributed by atoms with Crippen LogP contribution in [0.3, 0.4) is 0 Å². The van der Waals surface area contributed by atoms with Gasteiger partial charge in [0.05, 0.1) is 10.3 Å². The monoisotopic (exact) mass is 253 g/mol. The van der Waals surface area contributed by atoms with Crippen molar-refractivity contribution in [3.8, 4) is 0 Å². The van der Waals surface area contributed by atoms with Crippen molar-refractivity contribution < 1.29 is 19.2 Å². The van der Waals surface area contributed by atoms with E-state index in [2.05, 4.69) is 6.58 Å². The number of carboxylic acid groups (broad SMARTS) is 1. The second kappa shape index (κ2) is 4.95. The molecular formula is C12H12FNO4. The van der Waals surface area contributed by atoms with Crippen LogP contribution in [0.1, 0.15) is 12.5 Å². The number of rotatable bonds is 5. The van der Waals surface area contributed by atoms with Gasteiger partial charge in [-0.3, -0.25) is 14.9 Å². The van der Waals surface area contributed by atoms with E-state index in [4.69, 9.17) is 5.11 Å². The van der Waals surface area contributed by atoms with Crippen LogP contribution in [0, 0.1) is 21.3 Å². The number of benzene rings is 1. The lowest BCUT2D eigenvalue weighted by Crippen LogP contribution is -2.28. The number of halogens is 1. The number of aliphatic carboxylic acids is 1. The van der Waals surface area contributed by atoms with Crippen molar-refractivity contribution in [1.29, 1.82) is 0 Å². The highest BCUT2D eigenvalue weighted by molar-refractivity contribution is 5.77. The summed E-state index contributed by atoms with van der Waals surface area (Å²) in [7, 11) is 0. The van der Waals surface area contributed by atoms with Gasteiger partial charge in [0.1, 0.15) is 0 Å². The fourth-order valence-electron chi connectivity index (χ4n) is 1.47. The van der Waals surface area contributed by atoms with E-state index in [9.17, 15) is 19.3 Å². The molecule has 5 nitrogen and oxygen atoms in total. The molecule has 1 N–H and O–H groups in total. The summed E-state index contributed by atoms with van der Waals surface area (Å²) in [6, 6.07) is 3.68. The molecule has 6 heteroatoms. The van der Waals surface area contributed by atoms with Crippen LogP contribution in [0.15, 0.2) is 30.9 Å². The van der Waals surface area contributed by atoms with E-state index in [-0.39, 0.29) is 12.0 Å². The predicted molar refractivity (Wildman–Crippen MR) is 62.7 cm³/mol. The summed E-state index contributed by atoms with van der Waals surface area (Å²) in [5.41, 5.74) is -2.05. The van der Waals surface area contributed by atoms with Gasteiger partial charge in [-0.25, -0.2) is 0 Å². The highest BCUT2D eigenvalue weighted by Crippen LogP contribution is 2.28. The lowest BCUT2D eigenvalue weighted by Gasteiger charge is -2.20. The van der Waals surface area contributed by atoms with Crippen LogP contribution >= 0.6 is 0 Å². The number of nitrogens with zero attached hydrogens (tertiary/aromatic N) is 1. The summed E-state index contributed by atoms with van der Waals surface area (Å²) in [4.78, 5) is 20.8. The summed E-state index contributed by atoms with van der Waals surface area (Å²) < 4.78 is 13.8. The Hall–Kier alpha value is -2.24. The van der Waals surface area contributed by atoms with Crippen LogP contribution in [-0.4, -0.2) is 16.0 Å². The van der Waals surface area contributed by atoms with Crippen LogP contribution in [0.4, 0.5) is 10.1 Å². The number of carboxylic acids is 1. The average Bonchev–Trinajstić information content (AvgIpc) is 2.31. The second-order valence-corrected chi connectivity index (χ2v) is 4.11. The Balaban J connectivity index is 3.20. The van der Waals surface area contributed by atoms with E-state index in [0.29, 0.717) is 0 Å². The number of hydrogen-bond acceptors (Lipinski definition) is 3. The Bertz CT molecular complexity index is 515. The SMILES string of the molecule is C=CC(C)(Cc1cccc([N+](=O)[O-])c1F)C(=O)O. The summed E-state index contributed by atoms with van der Waals surface area (Å²) >= 11 is 0. The minimum absolute atomic E-state index is 0.0194. The van der Waals surface area contributed by atoms with Crippen molar-refractivity contribution in [1.82, 2.24) is 0 Å². The largest absolute Gasteiger partial charge is 0.481 e. The van der Waals surface area contributed by atoms with Gasteiger partial charge in [0, 0.05) is 6.07 Å². The fourth-order valence-corrected chi connectivity index (χ4v) is 1.47. The van der Waals surface area contributed by atoms with Gasteiger partial charge in [-0.1, -0.05) is 18.2 Å². The third kappa shape index (κ3) is 2.53. The lowest BCUT2D eigenvalue weighted by molar-refractivity contribution is -0.387. The van der Waals surface area contributed by atoms with Crippen LogP contribution in [-0.2, 0) is 11.2 Å². The molecule has 0 bridgehead atoms. The molecular weight excluding hydrogens is 241 g/mol. The first kappa shape index (κ1) is 13.8. The standard InChI is InChI=1S/C12H12FNO4/c1-3-12(2,11(15)16)7-8-5-4-6-9(10(8)13)14(17)18/h3-6H,1,7H2,2H3,(H,15,16). The molecule has 1 rings (SSSR count). The van der Waals surface area contributed by atoms with Crippen molar-refractivity contribution in [3.63, 3.8) is 0 Å². The molecule has 0 radical (unpaired) electrons. The van der Waals surface area contributed by atoms with Gasteiger partial charge in [-0.2, -0.15) is 4.39 Å². The lowest BCUT2D eigenvalue weighted by atomic mass is 9.83. The number of nitro groups is 1. The normalized spacial score (nSPS) is 13.7. The highest BCUT2D eigenvalue weighted by Gasteiger charge is 2.32. The van der Waals surface area contributed by atoms with Crippen molar-refractivity contribution in [2.75, 3.05) is 0 Å². The summed E-state index contributed by atoms with van der Waals surface area (Å²) in [6.07, 6.45) is 0.993. The first-order valence-electron chi connectivity index (χ1n) is 5.10. The number of nitro benzene ring substituents is 1. The zero-order valence-electron chi connectivity index (χ0n) is 9.72. The van der Waals surface area contributed by atoms with E-state index in [0.717, 1.165) is 6.07 Å². The van der Waals surface area contributed by atoms with Gasteiger partial charge in [-0.05, 0) is 18.9 Å². The molecule has 96 valence electrons. The van der Waals surface area contributed by atoms with Crippen molar-refractivity contribution >= 4 is 11.7 Å². The first-order valence-corrected chi connectivity index (χ1v) is 5.10. The minimum Gasteiger partial charge on any atom is -0.481 e. The van der Waals surface area contributed by atoms with Gasteiger partial charge in [0.2, 0.25) is 5.82 Å². The molecule has 0 heterocycles. The molecule has 18 heavy (non-hydrogen) atoms. The zero-order chi connectivity index (χ0) is 13.9. The van der Waals surface area contributed by atoms with Crippen LogP contribution in [0.25, 0.3) is 0 Å². The van der Waals surface area contributed by atoms with Gasteiger partial charge in [0.25, 0.3) is 0 Å². The molecule has 0 amide bonds.